The van der Waals surface area contributed by atoms with E-state index < -0.39 is 0 Å². The van der Waals surface area contributed by atoms with E-state index in [0.717, 1.165) is 11.6 Å². The number of fused-ring (bicyclic) bond motifs is 3. The Bertz CT molecular complexity index is 598. The largest absolute Gasteiger partial charge is 0.251 e. The fraction of sp³-hybridized carbons (Fsp3) is 0.438. The fourth-order valence-corrected chi connectivity index (χ4v) is 4.38. The zero-order valence-corrected chi connectivity index (χ0v) is 11.6. The van der Waals surface area contributed by atoms with Crippen molar-refractivity contribution in [2.75, 3.05) is 0 Å². The number of pyridine rings is 1. The summed E-state index contributed by atoms with van der Waals surface area (Å²) in [6.45, 7) is 4.80. The second-order valence-electron chi connectivity index (χ2n) is 6.16. The molecule has 92 valence electrons. The average Bonchev–Trinajstić information content (AvgIpc) is 2.80. The maximum Gasteiger partial charge on any atom is 0.0805 e. The molecule has 2 aliphatic rings. The first-order valence-corrected chi connectivity index (χ1v) is 7.59. The third-order valence-electron chi connectivity index (χ3n) is 4.86. The first-order valence-electron chi connectivity index (χ1n) is 6.71. The third kappa shape index (κ3) is 1.36. The van der Waals surface area contributed by atoms with Crippen LogP contribution in [0.15, 0.2) is 29.6 Å². The summed E-state index contributed by atoms with van der Waals surface area (Å²) in [5.41, 5.74) is 4.52. The summed E-state index contributed by atoms with van der Waals surface area (Å²) in [5.74, 6) is 1.58. The number of thiophene rings is 1. The molecule has 0 saturated heterocycles. The van der Waals surface area contributed by atoms with E-state index in [1.165, 1.54) is 29.0 Å². The number of hydrogen-bond donors (Lipinski definition) is 0. The molecule has 1 nitrogen and oxygen atoms in total. The Labute approximate surface area is 112 Å². The molecule has 1 fully saturated rings. The van der Waals surface area contributed by atoms with Gasteiger partial charge in [-0.05, 0) is 47.3 Å². The second kappa shape index (κ2) is 3.45. The minimum absolute atomic E-state index is 0.478. The van der Waals surface area contributed by atoms with Crippen LogP contribution in [-0.2, 0) is 6.42 Å². The SMILES string of the molecule is CC1(C)[C@@H]2c3nc(-c4cccs4)ccc3CC[C@@H]21. The highest BCUT2D eigenvalue weighted by Gasteiger charge is 2.60. The Kier molecular flexibility index (Phi) is 2.06. The van der Waals surface area contributed by atoms with Crippen molar-refractivity contribution in [3.63, 3.8) is 0 Å². The van der Waals surface area contributed by atoms with Crippen LogP contribution in [0.25, 0.3) is 10.6 Å². The molecule has 4 rings (SSSR count). The summed E-state index contributed by atoms with van der Waals surface area (Å²) in [7, 11) is 0. The van der Waals surface area contributed by atoms with Crippen molar-refractivity contribution in [3.8, 4) is 10.6 Å². The molecule has 2 aromatic rings. The Morgan fingerprint density at radius 3 is 2.94 bits per heavy atom. The van der Waals surface area contributed by atoms with Crippen molar-refractivity contribution in [2.45, 2.75) is 32.6 Å². The maximum atomic E-state index is 4.98. The number of rotatable bonds is 1. The van der Waals surface area contributed by atoms with Gasteiger partial charge in [-0.1, -0.05) is 26.0 Å². The lowest BCUT2D eigenvalue weighted by molar-refractivity contribution is 0.535. The molecule has 0 amide bonds. The van der Waals surface area contributed by atoms with Crippen molar-refractivity contribution < 1.29 is 0 Å². The molecule has 2 aromatic heterocycles. The van der Waals surface area contributed by atoms with Gasteiger partial charge in [0.05, 0.1) is 10.6 Å². The molecule has 2 aliphatic carbocycles. The molecule has 2 heterocycles. The Hall–Kier alpha value is -1.15. The topological polar surface area (TPSA) is 12.9 Å². The van der Waals surface area contributed by atoms with Crippen LogP contribution in [0.5, 0.6) is 0 Å². The van der Waals surface area contributed by atoms with Crippen LogP contribution in [0.3, 0.4) is 0 Å². The normalized spacial score (nSPS) is 27.4. The van der Waals surface area contributed by atoms with Gasteiger partial charge in [0, 0.05) is 11.6 Å². The summed E-state index contributed by atoms with van der Waals surface area (Å²) >= 11 is 1.78. The van der Waals surface area contributed by atoms with Gasteiger partial charge in [0.1, 0.15) is 0 Å². The second-order valence-corrected chi connectivity index (χ2v) is 7.11. The highest BCUT2D eigenvalue weighted by atomic mass is 32.1. The molecule has 1 saturated carbocycles. The standard InChI is InChI=1S/C16H17NS/c1-16(2)11-7-5-10-6-8-12(13-4-3-9-18-13)17-15(10)14(11)16/h3-4,6,8-9,11,14H,5,7H2,1-2H3/t11-,14-/m0/s1. The van der Waals surface area contributed by atoms with Crippen LogP contribution in [-0.4, -0.2) is 4.98 Å². The molecule has 0 unspecified atom stereocenters. The maximum absolute atomic E-state index is 4.98. The predicted molar refractivity (Wildman–Crippen MR) is 75.9 cm³/mol. The summed E-state index contributed by atoms with van der Waals surface area (Å²) in [5, 5.41) is 2.13. The van der Waals surface area contributed by atoms with Gasteiger partial charge in [0.2, 0.25) is 0 Å². The summed E-state index contributed by atoms with van der Waals surface area (Å²) in [4.78, 5) is 6.27. The van der Waals surface area contributed by atoms with E-state index in [-0.39, 0.29) is 0 Å². The van der Waals surface area contributed by atoms with Crippen molar-refractivity contribution in [1.82, 2.24) is 4.98 Å². The van der Waals surface area contributed by atoms with Gasteiger partial charge in [0.15, 0.2) is 0 Å². The van der Waals surface area contributed by atoms with Crippen LogP contribution in [0.2, 0.25) is 0 Å². The molecule has 0 N–H and O–H groups in total. The Morgan fingerprint density at radius 2 is 2.17 bits per heavy atom. The smallest absolute Gasteiger partial charge is 0.0805 e. The lowest BCUT2D eigenvalue weighted by Crippen LogP contribution is -2.04. The van der Waals surface area contributed by atoms with Crippen LogP contribution in [0, 0.1) is 11.3 Å². The summed E-state index contributed by atoms with van der Waals surface area (Å²) in [6.07, 6.45) is 2.57. The minimum atomic E-state index is 0.478. The molecule has 2 atom stereocenters. The van der Waals surface area contributed by atoms with Crippen LogP contribution >= 0.6 is 11.3 Å². The van der Waals surface area contributed by atoms with Gasteiger partial charge in [-0.15, -0.1) is 11.3 Å². The van der Waals surface area contributed by atoms with Crippen LogP contribution < -0.4 is 0 Å². The molecule has 0 spiro atoms. The van der Waals surface area contributed by atoms with Gasteiger partial charge < -0.3 is 0 Å². The lowest BCUT2D eigenvalue weighted by atomic mass is 9.96. The van der Waals surface area contributed by atoms with E-state index in [0.29, 0.717) is 11.3 Å². The molecule has 0 radical (unpaired) electrons. The minimum Gasteiger partial charge on any atom is -0.251 e. The van der Waals surface area contributed by atoms with E-state index in [9.17, 15) is 0 Å². The predicted octanol–water partition coefficient (Wildman–Crippen LogP) is 4.50. The number of aromatic nitrogens is 1. The first kappa shape index (κ1) is 10.7. The Morgan fingerprint density at radius 1 is 1.28 bits per heavy atom. The quantitative estimate of drug-likeness (QED) is 0.731. The molecular weight excluding hydrogens is 238 g/mol. The van der Waals surface area contributed by atoms with Crippen LogP contribution in [0.1, 0.15) is 37.4 Å². The number of hydrogen-bond acceptors (Lipinski definition) is 2. The molecule has 0 aromatic carbocycles. The van der Waals surface area contributed by atoms with Gasteiger partial charge in [-0.3, -0.25) is 4.98 Å². The van der Waals surface area contributed by atoms with Gasteiger partial charge in [-0.25, -0.2) is 0 Å². The van der Waals surface area contributed by atoms with Crippen molar-refractivity contribution in [2.24, 2.45) is 11.3 Å². The molecule has 0 bridgehead atoms. The monoisotopic (exact) mass is 255 g/mol. The van der Waals surface area contributed by atoms with Gasteiger partial charge >= 0.3 is 0 Å². The lowest BCUT2D eigenvalue weighted by Gasteiger charge is -2.14. The Balaban J connectivity index is 1.82. The summed E-state index contributed by atoms with van der Waals surface area (Å²) in [6, 6.07) is 8.77. The zero-order valence-electron chi connectivity index (χ0n) is 10.8. The molecule has 18 heavy (non-hydrogen) atoms. The van der Waals surface area contributed by atoms with E-state index in [2.05, 4.69) is 43.5 Å². The van der Waals surface area contributed by atoms with E-state index >= 15 is 0 Å². The van der Waals surface area contributed by atoms with Crippen LogP contribution in [0.4, 0.5) is 0 Å². The van der Waals surface area contributed by atoms with Gasteiger partial charge in [-0.2, -0.15) is 0 Å². The summed E-state index contributed by atoms with van der Waals surface area (Å²) < 4.78 is 0. The van der Waals surface area contributed by atoms with E-state index in [1.54, 1.807) is 11.3 Å². The number of nitrogens with zero attached hydrogens (tertiary/aromatic N) is 1. The zero-order chi connectivity index (χ0) is 12.3. The molecular formula is C16H17NS. The van der Waals surface area contributed by atoms with Crippen molar-refractivity contribution >= 4 is 11.3 Å². The molecule has 0 aliphatic heterocycles. The fourth-order valence-electron chi connectivity index (χ4n) is 3.68. The van der Waals surface area contributed by atoms with Crippen molar-refractivity contribution in [1.29, 1.82) is 0 Å². The third-order valence-corrected chi connectivity index (χ3v) is 5.75. The average molecular weight is 255 g/mol. The van der Waals surface area contributed by atoms with Crippen molar-refractivity contribution in [3.05, 3.63) is 40.9 Å². The highest BCUT2D eigenvalue weighted by molar-refractivity contribution is 7.13. The number of aryl methyl sites for hydroxylation is 1. The van der Waals surface area contributed by atoms with Gasteiger partial charge in [0.25, 0.3) is 0 Å². The first-order chi connectivity index (χ1) is 8.68. The van der Waals surface area contributed by atoms with E-state index in [4.69, 9.17) is 4.98 Å². The highest BCUT2D eigenvalue weighted by Crippen LogP contribution is 2.68. The van der Waals surface area contributed by atoms with E-state index in [1.807, 2.05) is 0 Å². The molecule has 2 heteroatoms.